The largest absolute Gasteiger partial charge is 0.479 e. The first-order valence-electron chi connectivity index (χ1n) is 11.4. The number of carbonyl (C=O) groups excluding carboxylic acids is 1. The van der Waals surface area contributed by atoms with Crippen molar-refractivity contribution < 1.29 is 19.8 Å². The van der Waals surface area contributed by atoms with E-state index in [4.69, 9.17) is 23.2 Å². The van der Waals surface area contributed by atoms with Crippen LogP contribution in [-0.4, -0.2) is 39.1 Å². The lowest BCUT2D eigenvalue weighted by Crippen LogP contribution is -2.56. The second-order valence-electron chi connectivity index (χ2n) is 9.16. The smallest absolute Gasteiger partial charge is 0.332 e. The highest BCUT2D eigenvalue weighted by Gasteiger charge is 2.52. The van der Waals surface area contributed by atoms with Crippen molar-refractivity contribution >= 4 is 35.1 Å². The second-order valence-corrected chi connectivity index (χ2v) is 10.0. The number of halogens is 2. The molecule has 0 radical (unpaired) electrons. The number of benzene rings is 2. The maximum absolute atomic E-state index is 14.0. The van der Waals surface area contributed by atoms with Crippen molar-refractivity contribution in [1.29, 1.82) is 0 Å². The Kier molecular flexibility index (Phi) is 8.09. The summed E-state index contributed by atoms with van der Waals surface area (Å²) in [5.41, 5.74) is 0.892. The van der Waals surface area contributed by atoms with E-state index in [0.717, 1.165) is 24.0 Å². The summed E-state index contributed by atoms with van der Waals surface area (Å²) >= 11 is 12.5. The molecule has 0 aliphatic carbocycles. The Morgan fingerprint density at radius 1 is 1.09 bits per heavy atom. The van der Waals surface area contributed by atoms with E-state index in [1.807, 2.05) is 67.3 Å². The Balaban J connectivity index is 2.20. The van der Waals surface area contributed by atoms with Crippen LogP contribution in [0.1, 0.15) is 69.5 Å². The number of aliphatic hydroxyl groups is 1. The van der Waals surface area contributed by atoms with E-state index in [-0.39, 0.29) is 30.3 Å². The first-order valence-corrected chi connectivity index (χ1v) is 12.1. The fourth-order valence-corrected chi connectivity index (χ4v) is 5.49. The van der Waals surface area contributed by atoms with E-state index >= 15 is 0 Å². The zero-order chi connectivity index (χ0) is 24.3. The quantitative estimate of drug-likeness (QED) is 0.468. The van der Waals surface area contributed by atoms with Gasteiger partial charge in [0.15, 0.2) is 6.10 Å². The Morgan fingerprint density at radius 2 is 1.73 bits per heavy atom. The number of piperidine rings is 1. The average molecular weight is 492 g/mol. The van der Waals surface area contributed by atoms with E-state index in [9.17, 15) is 19.8 Å². The molecule has 1 unspecified atom stereocenters. The van der Waals surface area contributed by atoms with Crippen molar-refractivity contribution in [3.8, 4) is 0 Å². The maximum atomic E-state index is 14.0. The first-order chi connectivity index (χ1) is 15.6. The molecule has 1 fully saturated rings. The van der Waals surface area contributed by atoms with Gasteiger partial charge in [0.2, 0.25) is 5.91 Å². The fourth-order valence-electron chi connectivity index (χ4n) is 5.17. The molecule has 0 saturated carbocycles. The molecular formula is C26H31Cl2NO4. The minimum Gasteiger partial charge on any atom is -0.479 e. The highest BCUT2D eigenvalue weighted by atomic mass is 35.5. The lowest BCUT2D eigenvalue weighted by atomic mass is 9.66. The lowest BCUT2D eigenvalue weighted by molar-refractivity contribution is -0.161. The van der Waals surface area contributed by atoms with Gasteiger partial charge in [-0.3, -0.25) is 4.79 Å². The van der Waals surface area contributed by atoms with E-state index in [2.05, 4.69) is 0 Å². The van der Waals surface area contributed by atoms with Crippen LogP contribution in [0.5, 0.6) is 0 Å². The molecule has 2 aromatic rings. The van der Waals surface area contributed by atoms with Gasteiger partial charge in [-0.2, -0.15) is 0 Å². The van der Waals surface area contributed by atoms with E-state index < -0.39 is 17.5 Å². The number of hydrogen-bond donors (Lipinski definition) is 2. The van der Waals surface area contributed by atoms with Gasteiger partial charge in [-0.25, -0.2) is 4.79 Å². The Hall–Kier alpha value is -2.08. The summed E-state index contributed by atoms with van der Waals surface area (Å²) in [7, 11) is 0. The number of carboxylic acids is 1. The number of carbonyl (C=O) groups is 2. The summed E-state index contributed by atoms with van der Waals surface area (Å²) < 4.78 is 0. The van der Waals surface area contributed by atoms with E-state index in [1.54, 1.807) is 6.92 Å². The van der Waals surface area contributed by atoms with Crippen molar-refractivity contribution in [2.75, 3.05) is 0 Å². The molecule has 1 saturated heterocycles. The number of nitrogens with zero attached hydrogens (tertiary/aromatic N) is 1. The van der Waals surface area contributed by atoms with E-state index in [0.29, 0.717) is 16.5 Å². The molecule has 4 atom stereocenters. The van der Waals surface area contributed by atoms with Crippen LogP contribution in [0.2, 0.25) is 10.0 Å². The molecule has 1 aliphatic heterocycles. The Labute approximate surface area is 205 Å². The minimum atomic E-state index is -1.62. The van der Waals surface area contributed by atoms with Gasteiger partial charge in [0.05, 0.1) is 11.5 Å². The molecule has 1 amide bonds. The van der Waals surface area contributed by atoms with Gasteiger partial charge in [0.25, 0.3) is 0 Å². The predicted molar refractivity (Wildman–Crippen MR) is 131 cm³/mol. The summed E-state index contributed by atoms with van der Waals surface area (Å²) in [4.78, 5) is 27.4. The normalized spacial score (nSPS) is 24.2. The van der Waals surface area contributed by atoms with Crippen molar-refractivity contribution in [3.05, 3.63) is 69.7 Å². The zero-order valence-corrected chi connectivity index (χ0v) is 20.7. The number of aliphatic hydroxyl groups excluding tert-OH is 1. The number of aliphatic carboxylic acids is 1. The number of rotatable bonds is 8. The molecule has 1 aliphatic rings. The molecule has 7 heteroatoms. The third-order valence-corrected chi connectivity index (χ3v) is 7.34. The van der Waals surface area contributed by atoms with Crippen molar-refractivity contribution in [3.63, 3.8) is 0 Å². The van der Waals surface area contributed by atoms with Crippen LogP contribution in [0.4, 0.5) is 0 Å². The molecule has 1 heterocycles. The average Bonchev–Trinajstić information content (AvgIpc) is 2.78. The van der Waals surface area contributed by atoms with Gasteiger partial charge in [0, 0.05) is 22.0 Å². The van der Waals surface area contributed by atoms with Crippen molar-refractivity contribution in [2.45, 2.75) is 70.6 Å². The van der Waals surface area contributed by atoms with Crippen LogP contribution >= 0.6 is 23.2 Å². The summed E-state index contributed by atoms with van der Waals surface area (Å²) in [5, 5.41) is 20.8. The summed E-state index contributed by atoms with van der Waals surface area (Å²) in [6.07, 6.45) is 0.135. The monoisotopic (exact) mass is 491 g/mol. The minimum absolute atomic E-state index is 0.0403. The Bertz CT molecular complexity index is 992. The van der Waals surface area contributed by atoms with Gasteiger partial charge in [-0.1, -0.05) is 68.2 Å². The molecule has 0 bridgehead atoms. The van der Waals surface area contributed by atoms with Gasteiger partial charge >= 0.3 is 5.97 Å². The van der Waals surface area contributed by atoms with Crippen molar-refractivity contribution in [2.24, 2.45) is 5.41 Å². The predicted octanol–water partition coefficient (Wildman–Crippen LogP) is 6.08. The Morgan fingerprint density at radius 3 is 2.27 bits per heavy atom. The SMILES string of the molecule is CCC(CC)N1C(=O)[C@@](C)(CC(O)C(=O)O)C[C@H](c2cccc(Cl)c2)[C@H]1c1ccc(Cl)cc1. The number of amides is 1. The first kappa shape index (κ1) is 25.5. The van der Waals surface area contributed by atoms with Gasteiger partial charge in [-0.15, -0.1) is 0 Å². The number of carboxylic acid groups (broad SMARTS) is 1. The second kappa shape index (κ2) is 10.5. The molecule has 0 spiro atoms. The molecule has 2 aromatic carbocycles. The third-order valence-electron chi connectivity index (χ3n) is 6.86. The molecule has 5 nitrogen and oxygen atoms in total. The van der Waals surface area contributed by atoms with Crippen LogP contribution in [0.25, 0.3) is 0 Å². The summed E-state index contributed by atoms with van der Waals surface area (Å²) in [5.74, 6) is -1.60. The maximum Gasteiger partial charge on any atom is 0.332 e. The van der Waals surface area contributed by atoms with Gasteiger partial charge in [0.1, 0.15) is 0 Å². The fraction of sp³-hybridized carbons (Fsp3) is 0.462. The van der Waals surface area contributed by atoms with Crippen LogP contribution in [0.15, 0.2) is 48.5 Å². The highest BCUT2D eigenvalue weighted by molar-refractivity contribution is 6.30. The molecule has 3 rings (SSSR count). The highest BCUT2D eigenvalue weighted by Crippen LogP contribution is 2.52. The standard InChI is InChI=1S/C26H31Cl2NO4/c1-4-20(5-2)29-23(16-9-11-18(27)12-10-16)21(17-7-6-8-19(28)13-17)14-26(3,25(29)33)15-22(30)24(31)32/h6-13,20-23,30H,4-5,14-15H2,1-3H3,(H,31,32)/t21-,22?,23-,26-/m1/s1. The van der Waals surface area contributed by atoms with Gasteiger partial charge in [-0.05, 0) is 61.1 Å². The van der Waals surface area contributed by atoms with E-state index in [1.165, 1.54) is 0 Å². The number of hydrogen-bond acceptors (Lipinski definition) is 3. The molecule has 178 valence electrons. The number of likely N-dealkylation sites (tertiary alicyclic amines) is 1. The lowest BCUT2D eigenvalue weighted by Gasteiger charge is -2.52. The van der Waals surface area contributed by atoms with Gasteiger partial charge < -0.3 is 15.1 Å². The summed E-state index contributed by atoms with van der Waals surface area (Å²) in [6, 6.07) is 14.8. The zero-order valence-electron chi connectivity index (χ0n) is 19.2. The molecule has 0 aromatic heterocycles. The topological polar surface area (TPSA) is 77.8 Å². The van der Waals surface area contributed by atoms with Crippen LogP contribution in [0.3, 0.4) is 0 Å². The van der Waals surface area contributed by atoms with Crippen LogP contribution < -0.4 is 0 Å². The van der Waals surface area contributed by atoms with Crippen LogP contribution in [-0.2, 0) is 9.59 Å². The molecule has 33 heavy (non-hydrogen) atoms. The van der Waals surface area contributed by atoms with Crippen LogP contribution in [0, 0.1) is 5.41 Å². The molecular weight excluding hydrogens is 461 g/mol. The van der Waals surface area contributed by atoms with Crippen molar-refractivity contribution in [1.82, 2.24) is 4.90 Å². The summed E-state index contributed by atoms with van der Waals surface area (Å²) in [6.45, 7) is 5.87. The molecule has 2 N–H and O–H groups in total. The third kappa shape index (κ3) is 5.37.